The average molecular weight is 365 g/mol. The Labute approximate surface area is 153 Å². The molecule has 2 aromatic rings. The summed E-state index contributed by atoms with van der Waals surface area (Å²) in [6.07, 6.45) is 1.10. The predicted octanol–water partition coefficient (Wildman–Crippen LogP) is 4.05. The molecule has 0 saturated carbocycles. The molecule has 2 rings (SSSR count). The second kappa shape index (κ2) is 8.62. The molecule has 0 saturated heterocycles. The molecule has 4 nitrogen and oxygen atoms in total. The normalized spacial score (nSPS) is 13.8. The Morgan fingerprint density at radius 3 is 2.67 bits per heavy atom. The van der Waals surface area contributed by atoms with Gasteiger partial charge in [-0.05, 0) is 23.8 Å². The van der Waals surface area contributed by atoms with Crippen molar-refractivity contribution in [2.75, 3.05) is 13.6 Å². The van der Waals surface area contributed by atoms with Crippen molar-refractivity contribution in [3.8, 4) is 0 Å². The van der Waals surface area contributed by atoms with Gasteiger partial charge in [0.2, 0.25) is 0 Å². The summed E-state index contributed by atoms with van der Waals surface area (Å²) in [7, 11) is 1.81. The van der Waals surface area contributed by atoms with Crippen LogP contribution in [0.5, 0.6) is 0 Å². The quantitative estimate of drug-likeness (QED) is 0.601. The molecule has 0 aliphatic carbocycles. The van der Waals surface area contributed by atoms with E-state index in [1.54, 1.807) is 11.3 Å². The van der Waals surface area contributed by atoms with Crippen molar-refractivity contribution >= 4 is 28.6 Å². The summed E-state index contributed by atoms with van der Waals surface area (Å²) < 4.78 is 0. The van der Waals surface area contributed by atoms with Gasteiger partial charge in [0.05, 0.1) is 12.2 Å². The molecule has 0 fully saturated rings. The van der Waals surface area contributed by atoms with Crippen molar-refractivity contribution in [1.29, 1.82) is 0 Å². The highest BCUT2D eigenvalue weighted by molar-refractivity contribution is 7.10. The lowest BCUT2D eigenvalue weighted by molar-refractivity contribution is 0.560. The van der Waals surface area contributed by atoms with Crippen molar-refractivity contribution < 1.29 is 0 Å². The molecule has 6 heteroatoms. The lowest BCUT2D eigenvalue weighted by atomic mass is 9.93. The molecule has 24 heavy (non-hydrogen) atoms. The Balaban J connectivity index is 1.77. The van der Waals surface area contributed by atoms with Gasteiger partial charge in [0.25, 0.3) is 0 Å². The monoisotopic (exact) mass is 364 g/mol. The first-order valence-electron chi connectivity index (χ1n) is 8.30. The molecular weight excluding hydrogens is 336 g/mol. The number of hydrogen-bond acceptors (Lipinski definition) is 4. The number of guanidine groups is 1. The molecule has 0 aromatic carbocycles. The molecule has 2 aromatic heterocycles. The van der Waals surface area contributed by atoms with Crippen LogP contribution >= 0.6 is 22.7 Å². The van der Waals surface area contributed by atoms with Gasteiger partial charge in [-0.1, -0.05) is 33.8 Å². The van der Waals surface area contributed by atoms with Crippen molar-refractivity contribution in [2.45, 2.75) is 46.1 Å². The maximum Gasteiger partial charge on any atom is 0.191 e. The summed E-state index contributed by atoms with van der Waals surface area (Å²) in [6.45, 7) is 10.4. The van der Waals surface area contributed by atoms with E-state index in [1.165, 1.54) is 4.88 Å². The van der Waals surface area contributed by atoms with Crippen molar-refractivity contribution in [2.24, 2.45) is 10.9 Å². The second-order valence-electron chi connectivity index (χ2n) is 7.07. The van der Waals surface area contributed by atoms with Gasteiger partial charge >= 0.3 is 0 Å². The summed E-state index contributed by atoms with van der Waals surface area (Å²) in [6, 6.07) is 4.31. The minimum Gasteiger partial charge on any atom is -0.356 e. The zero-order valence-corrected chi connectivity index (χ0v) is 16.9. The Kier molecular flexibility index (Phi) is 6.80. The van der Waals surface area contributed by atoms with Gasteiger partial charge in [0, 0.05) is 29.3 Å². The number of aliphatic imine (C=N–C) groups is 1. The number of hydrogen-bond donors (Lipinski definition) is 2. The van der Waals surface area contributed by atoms with Crippen LogP contribution in [-0.4, -0.2) is 24.5 Å². The molecule has 2 N–H and O–H groups in total. The molecule has 0 amide bonds. The van der Waals surface area contributed by atoms with Crippen LogP contribution in [0.4, 0.5) is 0 Å². The number of nitrogens with one attached hydrogen (secondary N) is 2. The maximum atomic E-state index is 4.71. The maximum absolute atomic E-state index is 4.71. The fourth-order valence-corrected chi connectivity index (χ4v) is 4.06. The van der Waals surface area contributed by atoms with E-state index in [2.05, 4.69) is 66.2 Å². The third-order valence-electron chi connectivity index (χ3n) is 3.70. The van der Waals surface area contributed by atoms with Crippen LogP contribution in [0.1, 0.15) is 43.3 Å². The van der Waals surface area contributed by atoms with Crippen molar-refractivity contribution in [3.63, 3.8) is 0 Å². The molecule has 0 aliphatic rings. The van der Waals surface area contributed by atoms with E-state index in [1.807, 2.05) is 18.4 Å². The second-order valence-corrected chi connectivity index (χ2v) is 9.05. The highest BCUT2D eigenvalue weighted by Crippen LogP contribution is 2.23. The van der Waals surface area contributed by atoms with E-state index >= 15 is 0 Å². The minimum absolute atomic E-state index is 0.103. The first-order valence-corrected chi connectivity index (χ1v) is 10.1. The molecule has 0 spiro atoms. The topological polar surface area (TPSA) is 49.3 Å². The van der Waals surface area contributed by atoms with Crippen LogP contribution in [0.25, 0.3) is 0 Å². The zero-order chi connectivity index (χ0) is 17.6. The van der Waals surface area contributed by atoms with E-state index in [-0.39, 0.29) is 5.41 Å². The lowest BCUT2D eigenvalue weighted by Gasteiger charge is -2.15. The summed E-state index contributed by atoms with van der Waals surface area (Å²) >= 11 is 3.52. The van der Waals surface area contributed by atoms with Crippen LogP contribution in [0.2, 0.25) is 0 Å². The average Bonchev–Trinajstić information content (AvgIpc) is 3.18. The number of thiophene rings is 1. The Morgan fingerprint density at radius 1 is 1.29 bits per heavy atom. The molecule has 0 radical (unpaired) electrons. The fraction of sp³-hybridized carbons (Fsp3) is 0.556. The summed E-state index contributed by atoms with van der Waals surface area (Å²) in [5, 5.41) is 12.1. The van der Waals surface area contributed by atoms with Gasteiger partial charge < -0.3 is 10.6 Å². The summed E-state index contributed by atoms with van der Waals surface area (Å²) in [5.74, 6) is 1.40. The van der Waals surface area contributed by atoms with Crippen LogP contribution < -0.4 is 10.6 Å². The Hall–Kier alpha value is -1.40. The number of thiazole rings is 1. The molecule has 2 heterocycles. The van der Waals surface area contributed by atoms with E-state index in [0.717, 1.165) is 29.6 Å². The Bertz CT molecular complexity index is 638. The third kappa shape index (κ3) is 5.91. The first-order chi connectivity index (χ1) is 11.4. The third-order valence-corrected chi connectivity index (χ3v) is 5.45. The molecule has 1 unspecified atom stereocenters. The van der Waals surface area contributed by atoms with Gasteiger partial charge in [-0.2, -0.15) is 0 Å². The molecule has 0 aliphatic heterocycles. The predicted molar refractivity (Wildman–Crippen MR) is 106 cm³/mol. The smallest absolute Gasteiger partial charge is 0.191 e. The standard InChI is InChI=1S/C18H28N4S2/c1-13(9-14-7-6-8-23-14)10-20-17(19-5)21-11-16-22-15(12-24-16)18(2,3)4/h6-8,12-13H,9-11H2,1-5H3,(H2,19,20,21). The molecule has 132 valence electrons. The molecule has 0 bridgehead atoms. The van der Waals surface area contributed by atoms with Crippen LogP contribution in [0.3, 0.4) is 0 Å². The minimum atomic E-state index is 0.103. The highest BCUT2D eigenvalue weighted by atomic mass is 32.1. The van der Waals surface area contributed by atoms with Crippen LogP contribution in [0, 0.1) is 5.92 Å². The van der Waals surface area contributed by atoms with Crippen molar-refractivity contribution in [3.05, 3.63) is 38.5 Å². The number of aromatic nitrogens is 1. The van der Waals surface area contributed by atoms with E-state index in [9.17, 15) is 0 Å². The largest absolute Gasteiger partial charge is 0.356 e. The number of nitrogens with zero attached hydrogens (tertiary/aromatic N) is 2. The van der Waals surface area contributed by atoms with Gasteiger partial charge in [-0.3, -0.25) is 4.99 Å². The summed E-state index contributed by atoms with van der Waals surface area (Å²) in [5.41, 5.74) is 1.25. The van der Waals surface area contributed by atoms with Crippen LogP contribution in [0.15, 0.2) is 27.9 Å². The van der Waals surface area contributed by atoms with E-state index < -0.39 is 0 Å². The van der Waals surface area contributed by atoms with Gasteiger partial charge in [0.1, 0.15) is 5.01 Å². The SMILES string of the molecule is CN=C(NCc1nc(C(C)(C)C)cs1)NCC(C)Cc1cccs1. The summed E-state index contributed by atoms with van der Waals surface area (Å²) in [4.78, 5) is 10.4. The molecular formula is C18H28N4S2. The van der Waals surface area contributed by atoms with E-state index in [0.29, 0.717) is 12.5 Å². The van der Waals surface area contributed by atoms with Gasteiger partial charge in [-0.15, -0.1) is 22.7 Å². The van der Waals surface area contributed by atoms with Crippen molar-refractivity contribution in [1.82, 2.24) is 15.6 Å². The highest BCUT2D eigenvalue weighted by Gasteiger charge is 2.17. The van der Waals surface area contributed by atoms with E-state index in [4.69, 9.17) is 4.98 Å². The number of rotatable bonds is 6. The lowest BCUT2D eigenvalue weighted by Crippen LogP contribution is -2.39. The Morgan fingerprint density at radius 2 is 2.08 bits per heavy atom. The van der Waals surface area contributed by atoms with Gasteiger partial charge in [0.15, 0.2) is 5.96 Å². The van der Waals surface area contributed by atoms with Crippen LogP contribution in [-0.2, 0) is 18.4 Å². The fourth-order valence-electron chi connectivity index (χ4n) is 2.23. The first kappa shape index (κ1) is 18.9. The zero-order valence-electron chi connectivity index (χ0n) is 15.2. The molecule has 1 atom stereocenters. The van der Waals surface area contributed by atoms with Gasteiger partial charge in [-0.25, -0.2) is 4.98 Å².